The SMILES string of the molecule is CC(C)C/C(=N/NC(=O)CNC(=O)/C=C/c1ccco1)c1ccccc1. The molecule has 1 aromatic heterocycles. The van der Waals surface area contributed by atoms with Crippen LogP contribution >= 0.6 is 0 Å². The third-order valence-corrected chi connectivity index (χ3v) is 3.39. The van der Waals surface area contributed by atoms with Crippen LogP contribution in [0.2, 0.25) is 0 Å². The van der Waals surface area contributed by atoms with Crippen LogP contribution in [0.15, 0.2) is 64.3 Å². The molecule has 6 heteroatoms. The number of nitrogens with one attached hydrogen (secondary N) is 2. The second-order valence-electron chi connectivity index (χ2n) is 6.12. The molecule has 0 bridgehead atoms. The first kappa shape index (κ1) is 19.2. The van der Waals surface area contributed by atoms with Gasteiger partial charge < -0.3 is 9.73 Å². The van der Waals surface area contributed by atoms with Crippen LogP contribution in [0.1, 0.15) is 31.6 Å². The lowest BCUT2D eigenvalue weighted by atomic mass is 10.0. The summed E-state index contributed by atoms with van der Waals surface area (Å²) >= 11 is 0. The average Bonchev–Trinajstić information content (AvgIpc) is 3.15. The Morgan fingerprint density at radius 1 is 1.15 bits per heavy atom. The summed E-state index contributed by atoms with van der Waals surface area (Å²) in [7, 11) is 0. The number of rotatable bonds is 8. The molecule has 136 valence electrons. The minimum absolute atomic E-state index is 0.158. The van der Waals surface area contributed by atoms with E-state index in [1.807, 2.05) is 30.3 Å². The lowest BCUT2D eigenvalue weighted by Gasteiger charge is -2.10. The summed E-state index contributed by atoms with van der Waals surface area (Å²) in [6.07, 6.45) is 5.10. The highest BCUT2D eigenvalue weighted by molar-refractivity contribution is 6.01. The smallest absolute Gasteiger partial charge is 0.259 e. The van der Waals surface area contributed by atoms with Crippen molar-refractivity contribution in [2.75, 3.05) is 6.54 Å². The molecule has 0 saturated heterocycles. The minimum atomic E-state index is -0.387. The van der Waals surface area contributed by atoms with Crippen LogP contribution in [0.5, 0.6) is 0 Å². The van der Waals surface area contributed by atoms with Gasteiger partial charge in [-0.3, -0.25) is 9.59 Å². The zero-order valence-electron chi connectivity index (χ0n) is 14.9. The van der Waals surface area contributed by atoms with Crippen LogP contribution in [0.25, 0.3) is 6.08 Å². The van der Waals surface area contributed by atoms with Gasteiger partial charge in [-0.2, -0.15) is 5.10 Å². The summed E-state index contributed by atoms with van der Waals surface area (Å²) in [5.74, 6) is 0.195. The second kappa shape index (κ2) is 9.98. The molecular weight excluding hydrogens is 330 g/mol. The molecule has 0 spiro atoms. The Morgan fingerprint density at radius 3 is 2.58 bits per heavy atom. The molecule has 2 N–H and O–H groups in total. The van der Waals surface area contributed by atoms with Crippen LogP contribution in [0.4, 0.5) is 0 Å². The van der Waals surface area contributed by atoms with Gasteiger partial charge in [-0.15, -0.1) is 0 Å². The minimum Gasteiger partial charge on any atom is -0.465 e. The van der Waals surface area contributed by atoms with Gasteiger partial charge in [0.05, 0.1) is 18.5 Å². The number of amides is 2. The van der Waals surface area contributed by atoms with Crippen LogP contribution in [-0.2, 0) is 9.59 Å². The Kier molecular flexibility index (Phi) is 7.36. The zero-order chi connectivity index (χ0) is 18.8. The fourth-order valence-corrected chi connectivity index (χ4v) is 2.18. The number of hydrogen-bond acceptors (Lipinski definition) is 4. The van der Waals surface area contributed by atoms with E-state index in [1.165, 1.54) is 18.4 Å². The normalized spacial score (nSPS) is 11.7. The number of carbonyl (C=O) groups excluding carboxylic acids is 2. The predicted molar refractivity (Wildman–Crippen MR) is 101 cm³/mol. The number of nitrogens with zero attached hydrogens (tertiary/aromatic N) is 1. The molecule has 0 aliphatic rings. The maximum atomic E-state index is 11.9. The van der Waals surface area contributed by atoms with Crippen molar-refractivity contribution in [3.05, 3.63) is 66.1 Å². The van der Waals surface area contributed by atoms with Crippen LogP contribution in [-0.4, -0.2) is 24.1 Å². The number of carbonyl (C=O) groups is 2. The quantitative estimate of drug-likeness (QED) is 0.435. The zero-order valence-corrected chi connectivity index (χ0v) is 14.9. The summed E-state index contributed by atoms with van der Waals surface area (Å²) in [6.45, 7) is 4.02. The van der Waals surface area contributed by atoms with Crippen LogP contribution in [0, 0.1) is 5.92 Å². The van der Waals surface area contributed by atoms with Gasteiger partial charge >= 0.3 is 0 Å². The van der Waals surface area contributed by atoms with E-state index in [-0.39, 0.29) is 18.4 Å². The van der Waals surface area contributed by atoms with Crippen LogP contribution in [0.3, 0.4) is 0 Å². The van der Waals surface area contributed by atoms with Crippen LogP contribution < -0.4 is 10.7 Å². The van der Waals surface area contributed by atoms with E-state index in [4.69, 9.17) is 4.42 Å². The number of hydrogen-bond donors (Lipinski definition) is 2. The van der Waals surface area contributed by atoms with Crippen molar-refractivity contribution in [3.63, 3.8) is 0 Å². The molecule has 0 atom stereocenters. The highest BCUT2D eigenvalue weighted by Gasteiger charge is 2.08. The van der Waals surface area contributed by atoms with Crippen molar-refractivity contribution in [1.29, 1.82) is 0 Å². The van der Waals surface area contributed by atoms with E-state index in [0.717, 1.165) is 17.7 Å². The molecular formula is C20H23N3O3. The fraction of sp³-hybridized carbons (Fsp3) is 0.250. The van der Waals surface area contributed by atoms with Gasteiger partial charge in [0.1, 0.15) is 5.76 Å². The molecule has 2 amide bonds. The lowest BCUT2D eigenvalue weighted by molar-refractivity contribution is -0.123. The molecule has 26 heavy (non-hydrogen) atoms. The predicted octanol–water partition coefficient (Wildman–Crippen LogP) is 2.98. The summed E-state index contributed by atoms with van der Waals surface area (Å²) in [6, 6.07) is 13.1. The number of hydrazone groups is 1. The number of furan rings is 1. The Labute approximate surface area is 153 Å². The van der Waals surface area contributed by atoms with Gasteiger partial charge in [0.2, 0.25) is 5.91 Å². The number of benzene rings is 1. The summed E-state index contributed by atoms with van der Waals surface area (Å²) in [5.41, 5.74) is 4.27. The van der Waals surface area contributed by atoms with E-state index < -0.39 is 0 Å². The van der Waals surface area contributed by atoms with Crippen molar-refractivity contribution in [2.45, 2.75) is 20.3 Å². The van der Waals surface area contributed by atoms with E-state index in [2.05, 4.69) is 29.7 Å². The maximum Gasteiger partial charge on any atom is 0.259 e. The van der Waals surface area contributed by atoms with Gasteiger partial charge in [0, 0.05) is 6.08 Å². The highest BCUT2D eigenvalue weighted by atomic mass is 16.3. The molecule has 0 fully saturated rings. The van der Waals surface area contributed by atoms with Gasteiger partial charge in [-0.25, -0.2) is 5.43 Å². The van der Waals surface area contributed by atoms with Gasteiger partial charge in [-0.05, 0) is 36.1 Å². The van der Waals surface area contributed by atoms with Crippen molar-refractivity contribution in [1.82, 2.24) is 10.7 Å². The first-order chi connectivity index (χ1) is 12.5. The second-order valence-corrected chi connectivity index (χ2v) is 6.12. The first-order valence-electron chi connectivity index (χ1n) is 8.45. The summed E-state index contributed by atoms with van der Waals surface area (Å²) in [5, 5.41) is 6.73. The Balaban J connectivity index is 1.86. The van der Waals surface area contributed by atoms with Gasteiger partial charge in [-0.1, -0.05) is 44.2 Å². The molecule has 2 aromatic rings. The van der Waals surface area contributed by atoms with E-state index >= 15 is 0 Å². The standard InChI is InChI=1S/C20H23N3O3/c1-15(2)13-18(16-7-4-3-5-8-16)22-23-20(25)14-21-19(24)11-10-17-9-6-12-26-17/h3-12,15H,13-14H2,1-2H3,(H,21,24)(H,23,25)/b11-10+,22-18-. The van der Waals surface area contributed by atoms with Gasteiger partial charge in [0.15, 0.2) is 0 Å². The third kappa shape index (κ3) is 6.76. The van der Waals surface area contributed by atoms with Crippen molar-refractivity contribution in [3.8, 4) is 0 Å². The largest absolute Gasteiger partial charge is 0.465 e. The molecule has 0 aliphatic carbocycles. The Bertz CT molecular complexity index is 763. The molecule has 1 heterocycles. The van der Waals surface area contributed by atoms with Crippen molar-refractivity contribution in [2.24, 2.45) is 11.0 Å². The molecule has 2 rings (SSSR count). The molecule has 0 radical (unpaired) electrons. The lowest BCUT2D eigenvalue weighted by Crippen LogP contribution is -2.34. The van der Waals surface area contributed by atoms with E-state index in [0.29, 0.717) is 11.7 Å². The van der Waals surface area contributed by atoms with E-state index in [1.54, 1.807) is 12.1 Å². The summed E-state index contributed by atoms with van der Waals surface area (Å²) in [4.78, 5) is 23.6. The Hall–Kier alpha value is -3.15. The third-order valence-electron chi connectivity index (χ3n) is 3.39. The van der Waals surface area contributed by atoms with Crippen molar-refractivity contribution < 1.29 is 14.0 Å². The molecule has 0 saturated carbocycles. The summed E-state index contributed by atoms with van der Waals surface area (Å²) < 4.78 is 5.08. The highest BCUT2D eigenvalue weighted by Crippen LogP contribution is 2.10. The molecule has 0 unspecified atom stereocenters. The molecule has 1 aromatic carbocycles. The molecule has 6 nitrogen and oxygen atoms in total. The van der Waals surface area contributed by atoms with Gasteiger partial charge in [0.25, 0.3) is 5.91 Å². The topological polar surface area (TPSA) is 83.7 Å². The fourth-order valence-electron chi connectivity index (χ4n) is 2.18. The van der Waals surface area contributed by atoms with Crippen molar-refractivity contribution >= 4 is 23.6 Å². The van der Waals surface area contributed by atoms with E-state index in [9.17, 15) is 9.59 Å². The first-order valence-corrected chi connectivity index (χ1v) is 8.45. The average molecular weight is 353 g/mol. The maximum absolute atomic E-state index is 11.9. The monoisotopic (exact) mass is 353 g/mol. The molecule has 0 aliphatic heterocycles. The Morgan fingerprint density at radius 2 is 1.92 bits per heavy atom.